The summed E-state index contributed by atoms with van der Waals surface area (Å²) in [5.41, 5.74) is 7.19. The van der Waals surface area contributed by atoms with Gasteiger partial charge in [-0.25, -0.2) is 0 Å². The Labute approximate surface area is 113 Å². The third-order valence-electron chi connectivity index (χ3n) is 4.37. The van der Waals surface area contributed by atoms with Crippen molar-refractivity contribution in [3.8, 4) is 0 Å². The number of nitrogens with one attached hydrogen (secondary N) is 1. The molecule has 1 aromatic heterocycles. The molecule has 104 valence electrons. The average molecular weight is 262 g/mol. The maximum atomic E-state index is 12.3. The summed E-state index contributed by atoms with van der Waals surface area (Å²) >= 11 is 0. The predicted molar refractivity (Wildman–Crippen MR) is 72.5 cm³/mol. The summed E-state index contributed by atoms with van der Waals surface area (Å²) in [5, 5.41) is 7.02. The second-order valence-electron chi connectivity index (χ2n) is 5.90. The fraction of sp³-hybridized carbons (Fsp3) is 0.714. The summed E-state index contributed by atoms with van der Waals surface area (Å²) in [6, 6.07) is 2.08. The molecular formula is C14H22N4O. The molecule has 1 saturated heterocycles. The van der Waals surface area contributed by atoms with E-state index in [1.165, 1.54) is 12.8 Å². The molecule has 1 aliphatic carbocycles. The minimum atomic E-state index is 0.0695. The Kier molecular flexibility index (Phi) is 3.55. The summed E-state index contributed by atoms with van der Waals surface area (Å²) in [6.45, 7) is 1.68. The topological polar surface area (TPSA) is 75.0 Å². The van der Waals surface area contributed by atoms with E-state index in [9.17, 15) is 4.79 Å². The van der Waals surface area contributed by atoms with Crippen LogP contribution in [0.25, 0.3) is 0 Å². The van der Waals surface area contributed by atoms with Crippen molar-refractivity contribution in [2.24, 2.45) is 11.7 Å². The number of nitrogens with zero attached hydrogens (tertiary/aromatic N) is 2. The second kappa shape index (κ2) is 5.33. The van der Waals surface area contributed by atoms with E-state index in [0.717, 1.165) is 31.6 Å². The molecule has 19 heavy (non-hydrogen) atoms. The molecule has 5 heteroatoms. The van der Waals surface area contributed by atoms with E-state index in [0.29, 0.717) is 18.3 Å². The Balaban J connectivity index is 1.56. The molecule has 3 rings (SSSR count). The first-order valence-electron chi connectivity index (χ1n) is 7.26. The summed E-state index contributed by atoms with van der Waals surface area (Å²) in [5.74, 6) is 1.22. The van der Waals surface area contributed by atoms with Crippen LogP contribution < -0.4 is 5.73 Å². The van der Waals surface area contributed by atoms with Gasteiger partial charge in [0.25, 0.3) is 0 Å². The van der Waals surface area contributed by atoms with Crippen LogP contribution in [0.4, 0.5) is 0 Å². The third kappa shape index (κ3) is 2.97. The molecule has 2 aliphatic rings. The van der Waals surface area contributed by atoms with Crippen molar-refractivity contribution in [2.45, 2.75) is 44.1 Å². The minimum absolute atomic E-state index is 0.0695. The zero-order valence-electron chi connectivity index (χ0n) is 11.2. The Morgan fingerprint density at radius 2 is 2.37 bits per heavy atom. The lowest BCUT2D eigenvalue weighted by atomic mass is 9.94. The van der Waals surface area contributed by atoms with Gasteiger partial charge in [-0.05, 0) is 37.7 Å². The van der Waals surface area contributed by atoms with Crippen molar-refractivity contribution in [1.82, 2.24) is 15.1 Å². The van der Waals surface area contributed by atoms with Gasteiger partial charge in [0, 0.05) is 43.4 Å². The Morgan fingerprint density at radius 1 is 1.53 bits per heavy atom. The number of aromatic amines is 1. The number of carbonyl (C=O) groups excluding carboxylic acids is 1. The first-order valence-corrected chi connectivity index (χ1v) is 7.26. The predicted octanol–water partition coefficient (Wildman–Crippen LogP) is 1.24. The lowest BCUT2D eigenvalue weighted by Gasteiger charge is -2.33. The highest BCUT2D eigenvalue weighted by molar-refractivity contribution is 5.77. The van der Waals surface area contributed by atoms with Crippen LogP contribution in [-0.4, -0.2) is 40.1 Å². The monoisotopic (exact) mass is 262 g/mol. The zero-order chi connectivity index (χ0) is 13.2. The molecule has 2 unspecified atom stereocenters. The molecule has 2 fully saturated rings. The van der Waals surface area contributed by atoms with Crippen LogP contribution >= 0.6 is 0 Å². The average Bonchev–Trinajstić information content (AvgIpc) is 3.14. The summed E-state index contributed by atoms with van der Waals surface area (Å²) in [6.07, 6.45) is 6.88. The highest BCUT2D eigenvalue weighted by Gasteiger charge is 2.32. The highest BCUT2D eigenvalue weighted by Crippen LogP contribution is 2.33. The van der Waals surface area contributed by atoms with Crippen LogP contribution in [0.2, 0.25) is 0 Å². The molecule has 0 radical (unpaired) electrons. The zero-order valence-corrected chi connectivity index (χ0v) is 11.2. The third-order valence-corrected chi connectivity index (χ3v) is 4.37. The minimum Gasteiger partial charge on any atom is -0.342 e. The molecule has 1 amide bonds. The van der Waals surface area contributed by atoms with Crippen LogP contribution in [0.3, 0.4) is 0 Å². The van der Waals surface area contributed by atoms with Gasteiger partial charge in [0.05, 0.1) is 0 Å². The lowest BCUT2D eigenvalue weighted by Crippen LogP contribution is -2.42. The van der Waals surface area contributed by atoms with E-state index in [4.69, 9.17) is 5.73 Å². The molecule has 0 spiro atoms. The van der Waals surface area contributed by atoms with Crippen molar-refractivity contribution in [3.05, 3.63) is 18.0 Å². The standard InChI is InChI=1S/C14H22N4O/c15-12(10-3-4-10)8-14(19)18-7-1-2-11(9-18)13-5-6-16-17-13/h5-6,10-12H,1-4,7-9,15H2,(H,16,17). The maximum Gasteiger partial charge on any atom is 0.224 e. The number of H-pyrrole nitrogens is 1. The highest BCUT2D eigenvalue weighted by atomic mass is 16.2. The van der Waals surface area contributed by atoms with Gasteiger partial charge in [-0.2, -0.15) is 5.10 Å². The molecule has 2 atom stereocenters. The van der Waals surface area contributed by atoms with E-state index >= 15 is 0 Å². The fourth-order valence-electron chi connectivity index (χ4n) is 2.97. The van der Waals surface area contributed by atoms with Crippen LogP contribution in [0, 0.1) is 5.92 Å². The fourth-order valence-corrected chi connectivity index (χ4v) is 2.97. The van der Waals surface area contributed by atoms with Crippen LogP contribution in [0.15, 0.2) is 12.3 Å². The van der Waals surface area contributed by atoms with E-state index < -0.39 is 0 Å². The number of amides is 1. The molecule has 2 heterocycles. The quantitative estimate of drug-likeness (QED) is 0.857. The van der Waals surface area contributed by atoms with Crippen LogP contribution in [0.5, 0.6) is 0 Å². The Bertz CT molecular complexity index is 427. The number of carbonyl (C=O) groups is 1. The number of hydrogen-bond donors (Lipinski definition) is 2. The summed E-state index contributed by atoms with van der Waals surface area (Å²) in [7, 11) is 0. The van der Waals surface area contributed by atoms with Crippen molar-refractivity contribution in [3.63, 3.8) is 0 Å². The van der Waals surface area contributed by atoms with Crippen LogP contribution in [0.1, 0.15) is 43.7 Å². The number of rotatable bonds is 4. The van der Waals surface area contributed by atoms with Gasteiger partial charge in [-0.3, -0.25) is 9.89 Å². The lowest BCUT2D eigenvalue weighted by molar-refractivity contribution is -0.132. The van der Waals surface area contributed by atoms with Crippen LogP contribution in [-0.2, 0) is 4.79 Å². The Hall–Kier alpha value is -1.36. The first kappa shape index (κ1) is 12.7. The van der Waals surface area contributed by atoms with Gasteiger partial charge in [0.2, 0.25) is 5.91 Å². The number of aromatic nitrogens is 2. The largest absolute Gasteiger partial charge is 0.342 e. The van der Waals surface area contributed by atoms with E-state index in [1.807, 2.05) is 11.0 Å². The molecule has 1 saturated carbocycles. The number of hydrogen-bond acceptors (Lipinski definition) is 3. The van der Waals surface area contributed by atoms with Crippen molar-refractivity contribution in [1.29, 1.82) is 0 Å². The van der Waals surface area contributed by atoms with Gasteiger partial charge in [-0.1, -0.05) is 0 Å². The van der Waals surface area contributed by atoms with Gasteiger partial charge in [0.15, 0.2) is 0 Å². The molecule has 3 N–H and O–H groups in total. The maximum absolute atomic E-state index is 12.3. The summed E-state index contributed by atoms with van der Waals surface area (Å²) in [4.78, 5) is 14.3. The summed E-state index contributed by atoms with van der Waals surface area (Å²) < 4.78 is 0. The molecule has 0 bridgehead atoms. The second-order valence-corrected chi connectivity index (χ2v) is 5.90. The van der Waals surface area contributed by atoms with Crippen molar-refractivity contribution < 1.29 is 4.79 Å². The van der Waals surface area contributed by atoms with Gasteiger partial charge in [0.1, 0.15) is 0 Å². The Morgan fingerprint density at radius 3 is 3.05 bits per heavy atom. The number of likely N-dealkylation sites (tertiary alicyclic amines) is 1. The van der Waals surface area contributed by atoms with Gasteiger partial charge >= 0.3 is 0 Å². The van der Waals surface area contributed by atoms with Gasteiger partial charge in [-0.15, -0.1) is 0 Å². The molecular weight excluding hydrogens is 240 g/mol. The van der Waals surface area contributed by atoms with Crippen molar-refractivity contribution >= 4 is 5.91 Å². The first-order chi connectivity index (χ1) is 9.24. The number of nitrogens with two attached hydrogens (primary N) is 1. The normalized spacial score (nSPS) is 25.3. The van der Waals surface area contributed by atoms with E-state index in [2.05, 4.69) is 10.2 Å². The van der Waals surface area contributed by atoms with E-state index in [1.54, 1.807) is 6.20 Å². The molecule has 5 nitrogen and oxygen atoms in total. The molecule has 1 aliphatic heterocycles. The SMILES string of the molecule is NC(CC(=O)N1CCCC(c2ccn[nH]2)C1)C1CC1. The smallest absolute Gasteiger partial charge is 0.224 e. The van der Waals surface area contributed by atoms with Crippen molar-refractivity contribution in [2.75, 3.05) is 13.1 Å². The van der Waals surface area contributed by atoms with Gasteiger partial charge < -0.3 is 10.6 Å². The molecule has 1 aromatic rings. The number of piperidine rings is 1. The molecule has 0 aromatic carbocycles. The van der Waals surface area contributed by atoms with E-state index in [-0.39, 0.29) is 11.9 Å².